The Hall–Kier alpha value is -1.39. The van der Waals surface area contributed by atoms with Crippen molar-refractivity contribution >= 4 is 15.9 Å². The van der Waals surface area contributed by atoms with Crippen LogP contribution in [0.1, 0.15) is 29.7 Å². The first-order valence-electron chi connectivity index (χ1n) is 7.01. The fraction of sp³-hybridized carbons (Fsp3) is 0.294. The van der Waals surface area contributed by atoms with E-state index in [1.54, 1.807) is 6.07 Å². The van der Waals surface area contributed by atoms with Gasteiger partial charge in [0.25, 0.3) is 0 Å². The summed E-state index contributed by atoms with van der Waals surface area (Å²) in [6, 6.07) is 10.9. The van der Waals surface area contributed by atoms with Gasteiger partial charge in [-0.25, -0.2) is 4.39 Å². The Morgan fingerprint density at radius 1 is 1.33 bits per heavy atom. The van der Waals surface area contributed by atoms with Crippen LogP contribution in [0.2, 0.25) is 0 Å². The summed E-state index contributed by atoms with van der Waals surface area (Å²) in [4.78, 5) is 0. The van der Waals surface area contributed by atoms with Crippen LogP contribution in [0.25, 0.3) is 0 Å². The highest BCUT2D eigenvalue weighted by molar-refractivity contribution is 9.10. The maximum atomic E-state index is 14.2. The maximum absolute atomic E-state index is 14.2. The van der Waals surface area contributed by atoms with Crippen molar-refractivity contribution in [3.63, 3.8) is 0 Å². The molecular formula is C17H17BrFNO. The predicted molar refractivity (Wildman–Crippen MR) is 85.2 cm³/mol. The molecule has 1 aliphatic rings. The largest absolute Gasteiger partial charge is 0.490 e. The summed E-state index contributed by atoms with van der Waals surface area (Å²) in [7, 11) is 1.84. The summed E-state index contributed by atoms with van der Waals surface area (Å²) < 4.78 is 20.7. The number of fused-ring (bicyclic) bond motifs is 1. The first-order chi connectivity index (χ1) is 10.1. The molecule has 21 heavy (non-hydrogen) atoms. The Kier molecular flexibility index (Phi) is 4.00. The van der Waals surface area contributed by atoms with E-state index in [-0.39, 0.29) is 18.0 Å². The molecule has 2 unspecified atom stereocenters. The zero-order chi connectivity index (χ0) is 15.0. The normalized spacial score (nSPS) is 18.2. The van der Waals surface area contributed by atoms with Crippen LogP contribution in [0.5, 0.6) is 5.75 Å². The van der Waals surface area contributed by atoms with Crippen LogP contribution >= 0.6 is 15.9 Å². The van der Waals surface area contributed by atoms with Crippen molar-refractivity contribution in [3.05, 3.63) is 63.4 Å². The number of halogens is 2. The number of nitrogens with one attached hydrogen (secondary N) is 1. The van der Waals surface area contributed by atoms with Gasteiger partial charge in [-0.3, -0.25) is 0 Å². The van der Waals surface area contributed by atoms with E-state index in [0.29, 0.717) is 5.56 Å². The van der Waals surface area contributed by atoms with Crippen molar-refractivity contribution in [2.45, 2.75) is 25.5 Å². The summed E-state index contributed by atoms with van der Waals surface area (Å²) in [5, 5.41) is 3.21. The predicted octanol–water partition coefficient (Wildman–Crippen LogP) is 4.22. The molecule has 0 spiro atoms. The Morgan fingerprint density at radius 3 is 2.86 bits per heavy atom. The molecule has 0 saturated carbocycles. The first kappa shape index (κ1) is 14.5. The second kappa shape index (κ2) is 5.78. The third kappa shape index (κ3) is 2.70. The minimum atomic E-state index is -0.214. The van der Waals surface area contributed by atoms with Crippen LogP contribution in [0.4, 0.5) is 4.39 Å². The average molecular weight is 350 g/mol. The topological polar surface area (TPSA) is 21.3 Å². The summed E-state index contributed by atoms with van der Waals surface area (Å²) in [6.45, 7) is 2.06. The molecule has 1 aliphatic heterocycles. The molecule has 3 rings (SSSR count). The van der Waals surface area contributed by atoms with Gasteiger partial charge in [0, 0.05) is 16.5 Å². The van der Waals surface area contributed by atoms with E-state index in [4.69, 9.17) is 4.74 Å². The van der Waals surface area contributed by atoms with Crippen molar-refractivity contribution in [2.24, 2.45) is 0 Å². The summed E-state index contributed by atoms with van der Waals surface area (Å²) in [5.74, 6) is 0.725. The van der Waals surface area contributed by atoms with Gasteiger partial charge < -0.3 is 10.1 Å². The van der Waals surface area contributed by atoms with E-state index < -0.39 is 0 Å². The minimum Gasteiger partial charge on any atom is -0.490 e. The lowest BCUT2D eigenvalue weighted by Gasteiger charge is -2.20. The molecule has 0 bridgehead atoms. The minimum absolute atomic E-state index is 0.193. The van der Waals surface area contributed by atoms with Crippen molar-refractivity contribution < 1.29 is 9.13 Å². The van der Waals surface area contributed by atoms with E-state index in [1.165, 1.54) is 11.6 Å². The highest BCUT2D eigenvalue weighted by Crippen LogP contribution is 2.35. The third-order valence-electron chi connectivity index (χ3n) is 3.83. The molecule has 2 aromatic rings. The average Bonchev–Trinajstić information content (AvgIpc) is 2.82. The smallest absolute Gasteiger partial charge is 0.129 e. The van der Waals surface area contributed by atoms with Gasteiger partial charge in [0.15, 0.2) is 0 Å². The number of ether oxygens (including phenoxy) is 1. The van der Waals surface area contributed by atoms with Crippen LogP contribution in [0.3, 0.4) is 0 Å². The Labute approximate surface area is 132 Å². The zero-order valence-corrected chi connectivity index (χ0v) is 13.6. The molecule has 0 aromatic heterocycles. The van der Waals surface area contributed by atoms with Gasteiger partial charge in [-0.05, 0) is 43.3 Å². The molecule has 4 heteroatoms. The summed E-state index contributed by atoms with van der Waals surface area (Å²) in [5.41, 5.74) is 2.86. The van der Waals surface area contributed by atoms with Crippen molar-refractivity contribution in [2.75, 3.05) is 7.05 Å². The fourth-order valence-electron chi connectivity index (χ4n) is 2.89. The van der Waals surface area contributed by atoms with Gasteiger partial charge in [0.2, 0.25) is 0 Å². The molecule has 0 fully saturated rings. The first-order valence-corrected chi connectivity index (χ1v) is 7.80. The second-order valence-corrected chi connectivity index (χ2v) is 6.21. The van der Waals surface area contributed by atoms with E-state index in [9.17, 15) is 4.39 Å². The molecule has 0 amide bonds. The molecule has 0 radical (unpaired) electrons. The van der Waals surface area contributed by atoms with Crippen LogP contribution in [-0.4, -0.2) is 13.2 Å². The van der Waals surface area contributed by atoms with Crippen molar-refractivity contribution in [1.82, 2.24) is 5.32 Å². The Bertz CT molecular complexity index is 654. The Balaban J connectivity index is 2.04. The highest BCUT2D eigenvalue weighted by atomic mass is 79.9. The van der Waals surface area contributed by atoms with Gasteiger partial charge >= 0.3 is 0 Å². The van der Waals surface area contributed by atoms with Crippen LogP contribution in [0, 0.1) is 5.82 Å². The van der Waals surface area contributed by atoms with Crippen molar-refractivity contribution in [1.29, 1.82) is 0 Å². The number of hydrogen-bond acceptors (Lipinski definition) is 2. The third-order valence-corrected chi connectivity index (χ3v) is 4.52. The standard InChI is InChI=1S/C17H17BrFNO/c1-10-8-12-9-11(6-7-15(12)21-10)17(20-2)16-13(18)4-3-5-14(16)19/h3-7,9-10,17,20H,8H2,1-2H3. The number of benzene rings is 2. The molecule has 0 aliphatic carbocycles. The van der Waals surface area contributed by atoms with Gasteiger partial charge in [0.1, 0.15) is 17.7 Å². The molecule has 110 valence electrons. The van der Waals surface area contributed by atoms with Gasteiger partial charge in [-0.1, -0.05) is 34.1 Å². The molecule has 2 nitrogen and oxygen atoms in total. The fourth-order valence-corrected chi connectivity index (χ4v) is 3.46. The number of rotatable bonds is 3. The quantitative estimate of drug-likeness (QED) is 0.895. The molecule has 1 heterocycles. The van der Waals surface area contributed by atoms with E-state index in [1.807, 2.05) is 25.2 Å². The van der Waals surface area contributed by atoms with E-state index >= 15 is 0 Å². The lowest BCUT2D eigenvalue weighted by molar-refractivity contribution is 0.254. The SMILES string of the molecule is CNC(c1ccc2c(c1)CC(C)O2)c1c(F)cccc1Br. The lowest BCUT2D eigenvalue weighted by Crippen LogP contribution is -2.19. The summed E-state index contributed by atoms with van der Waals surface area (Å²) in [6.07, 6.45) is 1.11. The van der Waals surface area contributed by atoms with Gasteiger partial charge in [0.05, 0.1) is 6.04 Å². The van der Waals surface area contributed by atoms with E-state index in [0.717, 1.165) is 22.2 Å². The van der Waals surface area contributed by atoms with Gasteiger partial charge in [-0.2, -0.15) is 0 Å². The van der Waals surface area contributed by atoms with Crippen molar-refractivity contribution in [3.8, 4) is 5.75 Å². The number of hydrogen-bond donors (Lipinski definition) is 1. The lowest BCUT2D eigenvalue weighted by atomic mass is 9.96. The van der Waals surface area contributed by atoms with Crippen LogP contribution in [-0.2, 0) is 6.42 Å². The van der Waals surface area contributed by atoms with E-state index in [2.05, 4.69) is 34.2 Å². The highest BCUT2D eigenvalue weighted by Gasteiger charge is 2.23. The van der Waals surface area contributed by atoms with Gasteiger partial charge in [-0.15, -0.1) is 0 Å². The molecular weight excluding hydrogens is 333 g/mol. The zero-order valence-electron chi connectivity index (χ0n) is 12.0. The summed E-state index contributed by atoms with van der Waals surface area (Å²) >= 11 is 3.45. The monoisotopic (exact) mass is 349 g/mol. The van der Waals surface area contributed by atoms with Crippen LogP contribution < -0.4 is 10.1 Å². The second-order valence-electron chi connectivity index (χ2n) is 5.36. The molecule has 0 saturated heterocycles. The molecule has 2 aromatic carbocycles. The molecule has 1 N–H and O–H groups in total. The Morgan fingerprint density at radius 2 is 2.14 bits per heavy atom. The van der Waals surface area contributed by atoms with Crippen LogP contribution in [0.15, 0.2) is 40.9 Å². The maximum Gasteiger partial charge on any atom is 0.129 e. The molecule has 2 atom stereocenters.